The fourth-order valence-corrected chi connectivity index (χ4v) is 4.42. The Hall–Kier alpha value is -1.73. The molecule has 0 bridgehead atoms. The van der Waals surface area contributed by atoms with Crippen LogP contribution in [0.3, 0.4) is 0 Å². The maximum atomic E-state index is 5.42. The van der Waals surface area contributed by atoms with Gasteiger partial charge in [-0.15, -0.1) is 23.1 Å². The molecule has 0 fully saturated rings. The molecule has 5 nitrogen and oxygen atoms in total. The lowest BCUT2D eigenvalue weighted by molar-refractivity contribution is 0.405. The van der Waals surface area contributed by atoms with Crippen LogP contribution in [0.25, 0.3) is 0 Å². The Morgan fingerprint density at radius 3 is 2.74 bits per heavy atom. The lowest BCUT2D eigenvalue weighted by Gasteiger charge is -2.16. The molecule has 0 aliphatic heterocycles. The molecule has 7 heteroatoms. The molecule has 0 saturated heterocycles. The van der Waals surface area contributed by atoms with Crippen LogP contribution in [0.15, 0.2) is 34.2 Å². The summed E-state index contributed by atoms with van der Waals surface area (Å²) in [5.41, 5.74) is 1.08. The Morgan fingerprint density at radius 2 is 2.07 bits per heavy atom. The van der Waals surface area contributed by atoms with Crippen LogP contribution in [-0.2, 0) is 6.54 Å². The number of aryl methyl sites for hydroxylation is 2. The Labute approximate surface area is 171 Å². The molecule has 2 aromatic rings. The summed E-state index contributed by atoms with van der Waals surface area (Å²) in [7, 11) is 1.72. The quantitative estimate of drug-likeness (QED) is 0.370. The number of thioether (sulfide) groups is 1. The van der Waals surface area contributed by atoms with Crippen molar-refractivity contribution in [2.45, 2.75) is 39.1 Å². The number of rotatable bonds is 9. The normalized spacial score (nSPS) is 12.7. The van der Waals surface area contributed by atoms with Crippen LogP contribution in [0.4, 0.5) is 0 Å². The van der Waals surface area contributed by atoms with E-state index in [2.05, 4.69) is 35.5 Å². The number of aliphatic imine (C=N–C) groups is 1. The molecule has 0 saturated carbocycles. The third kappa shape index (κ3) is 7.07. The van der Waals surface area contributed by atoms with E-state index in [1.807, 2.05) is 43.8 Å². The summed E-state index contributed by atoms with van der Waals surface area (Å²) >= 11 is 3.55. The lowest BCUT2D eigenvalue weighted by atomic mass is 10.2. The van der Waals surface area contributed by atoms with Crippen molar-refractivity contribution in [1.29, 1.82) is 0 Å². The second-order valence-electron chi connectivity index (χ2n) is 6.38. The summed E-state index contributed by atoms with van der Waals surface area (Å²) in [5, 5.41) is 7.88. The Balaban J connectivity index is 1.85. The van der Waals surface area contributed by atoms with E-state index < -0.39 is 0 Å². The summed E-state index contributed by atoms with van der Waals surface area (Å²) in [6, 6.07) is 8.16. The fraction of sp³-hybridized carbons (Fsp3) is 0.500. The fourth-order valence-electron chi connectivity index (χ4n) is 2.51. The molecular weight excluding hydrogens is 376 g/mol. The van der Waals surface area contributed by atoms with Crippen LogP contribution in [-0.4, -0.2) is 36.9 Å². The van der Waals surface area contributed by atoms with E-state index in [9.17, 15) is 0 Å². The van der Waals surface area contributed by atoms with E-state index in [0.717, 1.165) is 41.3 Å². The van der Waals surface area contributed by atoms with Gasteiger partial charge in [0.25, 0.3) is 0 Å². The van der Waals surface area contributed by atoms with Crippen LogP contribution in [0.5, 0.6) is 5.75 Å². The zero-order chi connectivity index (χ0) is 19.6. The predicted molar refractivity (Wildman–Crippen MR) is 117 cm³/mol. The zero-order valence-electron chi connectivity index (χ0n) is 16.8. The van der Waals surface area contributed by atoms with Gasteiger partial charge in [-0.05, 0) is 38.8 Å². The first-order chi connectivity index (χ1) is 13.0. The first kappa shape index (κ1) is 21.6. The average molecular weight is 407 g/mol. The standard InChI is InChI=1S/C20H30N4OS2/c1-6-21-20(23-12-19-15(3)24-16(4)27-19)22-11-14(2)13-26-18-10-8-7-9-17(18)25-5/h7-10,14H,6,11-13H2,1-5H3,(H2,21,22,23). The van der Waals surface area contributed by atoms with Crippen LogP contribution in [0.2, 0.25) is 0 Å². The number of thiazole rings is 1. The first-order valence-electron chi connectivity index (χ1n) is 9.24. The molecule has 1 heterocycles. The number of hydrogen-bond acceptors (Lipinski definition) is 5. The van der Waals surface area contributed by atoms with E-state index in [-0.39, 0.29) is 0 Å². The van der Waals surface area contributed by atoms with Gasteiger partial charge in [-0.1, -0.05) is 19.1 Å². The van der Waals surface area contributed by atoms with Gasteiger partial charge in [-0.2, -0.15) is 0 Å². The molecule has 0 radical (unpaired) electrons. The van der Waals surface area contributed by atoms with Gasteiger partial charge in [0.15, 0.2) is 5.96 Å². The molecule has 148 valence electrons. The maximum absolute atomic E-state index is 5.42. The molecule has 0 amide bonds. The highest BCUT2D eigenvalue weighted by Crippen LogP contribution is 2.29. The van der Waals surface area contributed by atoms with Gasteiger partial charge in [0.2, 0.25) is 0 Å². The zero-order valence-corrected chi connectivity index (χ0v) is 18.5. The number of aromatic nitrogens is 1. The topological polar surface area (TPSA) is 58.5 Å². The van der Waals surface area contributed by atoms with Crippen molar-refractivity contribution >= 4 is 29.1 Å². The van der Waals surface area contributed by atoms with Gasteiger partial charge in [0.1, 0.15) is 5.75 Å². The van der Waals surface area contributed by atoms with Crippen molar-refractivity contribution in [3.8, 4) is 5.75 Å². The van der Waals surface area contributed by atoms with E-state index in [4.69, 9.17) is 9.73 Å². The number of hydrogen-bond donors (Lipinski definition) is 2. The molecule has 0 aliphatic rings. The molecular formula is C20H30N4OS2. The average Bonchev–Trinajstić information content (AvgIpc) is 2.99. The van der Waals surface area contributed by atoms with E-state index in [1.165, 1.54) is 9.77 Å². The van der Waals surface area contributed by atoms with E-state index in [1.54, 1.807) is 18.4 Å². The van der Waals surface area contributed by atoms with Crippen molar-refractivity contribution < 1.29 is 4.74 Å². The molecule has 1 aromatic carbocycles. The molecule has 0 aliphatic carbocycles. The smallest absolute Gasteiger partial charge is 0.191 e. The SMILES string of the molecule is CCNC(=NCc1sc(C)nc1C)NCC(C)CSc1ccccc1OC. The third-order valence-corrected chi connectivity index (χ3v) is 6.38. The second-order valence-corrected chi connectivity index (χ2v) is 8.73. The number of ether oxygens (including phenoxy) is 1. The molecule has 1 atom stereocenters. The predicted octanol–water partition coefficient (Wildman–Crippen LogP) is 4.25. The van der Waals surface area contributed by atoms with Gasteiger partial charge in [0.05, 0.1) is 24.4 Å². The number of para-hydroxylation sites is 1. The van der Waals surface area contributed by atoms with E-state index >= 15 is 0 Å². The van der Waals surface area contributed by atoms with Crippen molar-refractivity contribution in [2.75, 3.05) is 26.0 Å². The molecule has 0 spiro atoms. The van der Waals surface area contributed by atoms with Gasteiger partial charge in [-0.3, -0.25) is 0 Å². The summed E-state index contributed by atoms with van der Waals surface area (Å²) in [4.78, 5) is 11.6. The molecule has 1 unspecified atom stereocenters. The number of nitrogens with one attached hydrogen (secondary N) is 2. The highest BCUT2D eigenvalue weighted by Gasteiger charge is 2.09. The number of guanidine groups is 1. The van der Waals surface area contributed by atoms with Crippen LogP contribution in [0.1, 0.15) is 29.4 Å². The van der Waals surface area contributed by atoms with Crippen molar-refractivity contribution in [3.05, 3.63) is 39.8 Å². The molecule has 2 rings (SSSR count). The highest BCUT2D eigenvalue weighted by molar-refractivity contribution is 7.99. The van der Waals surface area contributed by atoms with Crippen molar-refractivity contribution in [3.63, 3.8) is 0 Å². The van der Waals surface area contributed by atoms with Crippen molar-refractivity contribution in [1.82, 2.24) is 15.6 Å². The largest absolute Gasteiger partial charge is 0.496 e. The lowest BCUT2D eigenvalue weighted by Crippen LogP contribution is -2.39. The molecule has 27 heavy (non-hydrogen) atoms. The summed E-state index contributed by atoms with van der Waals surface area (Å²) in [6.45, 7) is 10.8. The summed E-state index contributed by atoms with van der Waals surface area (Å²) in [5.74, 6) is 3.31. The van der Waals surface area contributed by atoms with Crippen LogP contribution < -0.4 is 15.4 Å². The maximum Gasteiger partial charge on any atom is 0.191 e. The van der Waals surface area contributed by atoms with Gasteiger partial charge in [-0.25, -0.2) is 9.98 Å². The number of nitrogens with zero attached hydrogens (tertiary/aromatic N) is 2. The highest BCUT2D eigenvalue weighted by atomic mass is 32.2. The summed E-state index contributed by atoms with van der Waals surface area (Å²) in [6.07, 6.45) is 0. The Kier molecular flexibility index (Phi) is 8.94. The van der Waals surface area contributed by atoms with Crippen LogP contribution >= 0.6 is 23.1 Å². The Morgan fingerprint density at radius 1 is 1.30 bits per heavy atom. The third-order valence-electron chi connectivity index (χ3n) is 3.93. The minimum absolute atomic E-state index is 0.496. The Bertz CT molecular complexity index is 745. The molecule has 1 aromatic heterocycles. The minimum Gasteiger partial charge on any atom is -0.496 e. The minimum atomic E-state index is 0.496. The summed E-state index contributed by atoms with van der Waals surface area (Å²) < 4.78 is 5.42. The monoisotopic (exact) mass is 406 g/mol. The first-order valence-corrected chi connectivity index (χ1v) is 11.0. The van der Waals surface area contributed by atoms with Gasteiger partial charge < -0.3 is 15.4 Å². The van der Waals surface area contributed by atoms with Gasteiger partial charge in [0, 0.05) is 28.6 Å². The van der Waals surface area contributed by atoms with Crippen molar-refractivity contribution in [2.24, 2.45) is 10.9 Å². The number of benzene rings is 1. The molecule has 2 N–H and O–H groups in total. The number of methoxy groups -OCH3 is 1. The van der Waals surface area contributed by atoms with Crippen LogP contribution in [0, 0.1) is 19.8 Å². The van der Waals surface area contributed by atoms with Gasteiger partial charge >= 0.3 is 0 Å². The van der Waals surface area contributed by atoms with E-state index in [0.29, 0.717) is 12.5 Å². The second kappa shape index (κ2) is 11.2.